The van der Waals surface area contributed by atoms with Crippen molar-refractivity contribution in [3.63, 3.8) is 0 Å². The second-order valence-corrected chi connectivity index (χ2v) is 4.54. The molecule has 0 saturated heterocycles. The maximum Gasteiger partial charge on any atom is 0.329 e. The summed E-state index contributed by atoms with van der Waals surface area (Å²) in [4.78, 5) is 13.9. The Balaban J connectivity index is 2.43. The van der Waals surface area contributed by atoms with Crippen molar-refractivity contribution < 1.29 is 9.53 Å². The van der Waals surface area contributed by atoms with Crippen LogP contribution in [0.5, 0.6) is 0 Å². The number of para-hydroxylation sites is 1. The Hall–Kier alpha value is -1.51. The molecule has 0 spiro atoms. The summed E-state index contributed by atoms with van der Waals surface area (Å²) in [6, 6.07) is 7.80. The number of likely N-dealkylation sites (N-methyl/N-ethyl adjacent to an activating group) is 1. The molecular weight excluding hydrogens is 202 g/mol. The van der Waals surface area contributed by atoms with Gasteiger partial charge in [-0.1, -0.05) is 32.0 Å². The van der Waals surface area contributed by atoms with Gasteiger partial charge < -0.3 is 9.64 Å². The standard InChI is InChI=1S/C13H17NO2/c1-9(2)12-13(15)16-8-10-6-4-5-7-11(10)14(12)3/h4-7,9,12H,8H2,1-3H3/t12-/m0/s1. The van der Waals surface area contributed by atoms with E-state index in [1.54, 1.807) is 0 Å². The second kappa shape index (κ2) is 4.16. The number of anilines is 1. The predicted molar refractivity (Wildman–Crippen MR) is 63.3 cm³/mol. The summed E-state index contributed by atoms with van der Waals surface area (Å²) in [6.45, 7) is 4.45. The molecule has 1 atom stereocenters. The second-order valence-electron chi connectivity index (χ2n) is 4.54. The number of fused-ring (bicyclic) bond motifs is 1. The summed E-state index contributed by atoms with van der Waals surface area (Å²) in [7, 11) is 1.95. The summed E-state index contributed by atoms with van der Waals surface area (Å²) in [5.74, 6) is 0.109. The summed E-state index contributed by atoms with van der Waals surface area (Å²) in [6.07, 6.45) is 0. The van der Waals surface area contributed by atoms with E-state index in [0.29, 0.717) is 6.61 Å². The van der Waals surface area contributed by atoms with Crippen molar-refractivity contribution in [3.8, 4) is 0 Å². The van der Waals surface area contributed by atoms with E-state index in [1.165, 1.54) is 0 Å². The lowest BCUT2D eigenvalue weighted by molar-refractivity contribution is -0.147. The maximum atomic E-state index is 11.9. The van der Waals surface area contributed by atoms with Gasteiger partial charge in [-0.25, -0.2) is 4.79 Å². The molecule has 1 aromatic rings. The van der Waals surface area contributed by atoms with Gasteiger partial charge in [0.15, 0.2) is 0 Å². The van der Waals surface area contributed by atoms with Crippen LogP contribution in [0.4, 0.5) is 5.69 Å². The van der Waals surface area contributed by atoms with E-state index < -0.39 is 0 Å². The van der Waals surface area contributed by atoms with Crippen molar-refractivity contribution in [2.24, 2.45) is 5.92 Å². The molecule has 0 aromatic heterocycles. The molecule has 86 valence electrons. The molecule has 1 aliphatic rings. The van der Waals surface area contributed by atoms with Crippen LogP contribution < -0.4 is 4.90 Å². The third-order valence-corrected chi connectivity index (χ3v) is 3.03. The van der Waals surface area contributed by atoms with Crippen LogP contribution in [0.1, 0.15) is 19.4 Å². The predicted octanol–water partition coefficient (Wildman–Crippen LogP) is 2.20. The third-order valence-electron chi connectivity index (χ3n) is 3.03. The van der Waals surface area contributed by atoms with Crippen LogP contribution in [0.25, 0.3) is 0 Å². The lowest BCUT2D eigenvalue weighted by Crippen LogP contribution is -2.42. The molecule has 16 heavy (non-hydrogen) atoms. The fourth-order valence-electron chi connectivity index (χ4n) is 2.24. The van der Waals surface area contributed by atoms with Crippen molar-refractivity contribution in [3.05, 3.63) is 29.8 Å². The van der Waals surface area contributed by atoms with Crippen molar-refractivity contribution in [1.82, 2.24) is 0 Å². The fourth-order valence-corrected chi connectivity index (χ4v) is 2.24. The van der Waals surface area contributed by atoms with E-state index in [9.17, 15) is 4.79 Å². The number of carbonyl (C=O) groups excluding carboxylic acids is 1. The first-order valence-electron chi connectivity index (χ1n) is 5.58. The van der Waals surface area contributed by atoms with Crippen molar-refractivity contribution in [2.75, 3.05) is 11.9 Å². The van der Waals surface area contributed by atoms with Crippen LogP contribution in [0, 0.1) is 5.92 Å². The highest BCUT2D eigenvalue weighted by molar-refractivity contribution is 5.82. The smallest absolute Gasteiger partial charge is 0.329 e. The molecule has 0 amide bonds. The minimum Gasteiger partial charge on any atom is -0.459 e. The van der Waals surface area contributed by atoms with Gasteiger partial charge in [-0.2, -0.15) is 0 Å². The highest BCUT2D eigenvalue weighted by atomic mass is 16.5. The highest BCUT2D eigenvalue weighted by Crippen LogP contribution is 2.28. The average molecular weight is 219 g/mol. The molecule has 0 fully saturated rings. The zero-order chi connectivity index (χ0) is 11.7. The van der Waals surface area contributed by atoms with Gasteiger partial charge >= 0.3 is 5.97 Å². The fraction of sp³-hybridized carbons (Fsp3) is 0.462. The lowest BCUT2D eigenvalue weighted by atomic mass is 10.0. The van der Waals surface area contributed by atoms with Gasteiger partial charge in [0.25, 0.3) is 0 Å². The number of rotatable bonds is 1. The van der Waals surface area contributed by atoms with Gasteiger partial charge in [0.05, 0.1) is 0 Å². The summed E-state index contributed by atoms with van der Waals surface area (Å²) in [5, 5.41) is 0. The molecule has 0 N–H and O–H groups in total. The molecule has 1 heterocycles. The minimum absolute atomic E-state index is 0.131. The molecule has 1 aliphatic heterocycles. The van der Waals surface area contributed by atoms with Crippen molar-refractivity contribution in [1.29, 1.82) is 0 Å². The van der Waals surface area contributed by atoms with Gasteiger partial charge in [-0.3, -0.25) is 0 Å². The molecule has 0 bridgehead atoms. The Bertz CT molecular complexity index is 401. The van der Waals surface area contributed by atoms with E-state index in [0.717, 1.165) is 11.3 Å². The van der Waals surface area contributed by atoms with Gasteiger partial charge in [-0.15, -0.1) is 0 Å². The van der Waals surface area contributed by atoms with Crippen LogP contribution >= 0.6 is 0 Å². The number of cyclic esters (lactones) is 1. The van der Waals surface area contributed by atoms with E-state index in [4.69, 9.17) is 4.74 Å². The third kappa shape index (κ3) is 1.77. The number of esters is 1. The Morgan fingerprint density at radius 1 is 1.38 bits per heavy atom. The monoisotopic (exact) mass is 219 g/mol. The van der Waals surface area contributed by atoms with E-state index in [-0.39, 0.29) is 17.9 Å². The van der Waals surface area contributed by atoms with Crippen LogP contribution in [-0.2, 0) is 16.1 Å². The van der Waals surface area contributed by atoms with Crippen LogP contribution in [-0.4, -0.2) is 19.1 Å². The normalized spacial score (nSPS) is 20.4. The molecular formula is C13H17NO2. The Morgan fingerprint density at radius 2 is 2.06 bits per heavy atom. The molecule has 0 radical (unpaired) electrons. The van der Waals surface area contributed by atoms with Gasteiger partial charge in [0.1, 0.15) is 12.6 Å². The van der Waals surface area contributed by atoms with Gasteiger partial charge in [-0.05, 0) is 12.0 Å². The lowest BCUT2D eigenvalue weighted by Gasteiger charge is -2.29. The zero-order valence-corrected chi connectivity index (χ0v) is 9.93. The van der Waals surface area contributed by atoms with Crippen LogP contribution in [0.3, 0.4) is 0 Å². The summed E-state index contributed by atoms with van der Waals surface area (Å²) >= 11 is 0. The largest absolute Gasteiger partial charge is 0.459 e. The number of nitrogens with zero attached hydrogens (tertiary/aromatic N) is 1. The molecule has 0 saturated carbocycles. The minimum atomic E-state index is -0.191. The topological polar surface area (TPSA) is 29.5 Å². The first-order chi connectivity index (χ1) is 7.61. The molecule has 1 aromatic carbocycles. The molecule has 0 aliphatic carbocycles. The van der Waals surface area contributed by atoms with Crippen LogP contribution in [0.2, 0.25) is 0 Å². The number of hydrogen-bond acceptors (Lipinski definition) is 3. The maximum absolute atomic E-state index is 11.9. The summed E-state index contributed by atoms with van der Waals surface area (Å²) in [5.41, 5.74) is 2.16. The quantitative estimate of drug-likeness (QED) is 0.678. The first kappa shape index (κ1) is 11.0. The van der Waals surface area contributed by atoms with Crippen molar-refractivity contribution in [2.45, 2.75) is 26.5 Å². The highest BCUT2D eigenvalue weighted by Gasteiger charge is 2.31. The van der Waals surface area contributed by atoms with E-state index in [1.807, 2.05) is 50.1 Å². The van der Waals surface area contributed by atoms with Gasteiger partial charge in [0.2, 0.25) is 0 Å². The SMILES string of the molecule is CC(C)[C@H]1C(=O)OCc2ccccc2N1C. The van der Waals surface area contributed by atoms with Crippen molar-refractivity contribution >= 4 is 11.7 Å². The number of hydrogen-bond donors (Lipinski definition) is 0. The van der Waals surface area contributed by atoms with Crippen LogP contribution in [0.15, 0.2) is 24.3 Å². The Labute approximate surface area is 96.0 Å². The summed E-state index contributed by atoms with van der Waals surface area (Å²) < 4.78 is 5.29. The number of carbonyl (C=O) groups is 1. The molecule has 0 unspecified atom stereocenters. The van der Waals surface area contributed by atoms with E-state index >= 15 is 0 Å². The molecule has 3 heteroatoms. The first-order valence-corrected chi connectivity index (χ1v) is 5.58. The number of ether oxygens (including phenoxy) is 1. The van der Waals surface area contributed by atoms with E-state index in [2.05, 4.69) is 0 Å². The molecule has 3 nitrogen and oxygen atoms in total. The zero-order valence-electron chi connectivity index (χ0n) is 9.93. The Kier molecular flexibility index (Phi) is 2.86. The number of benzene rings is 1. The Morgan fingerprint density at radius 3 is 2.75 bits per heavy atom. The molecule has 2 rings (SSSR count). The average Bonchev–Trinajstić information content (AvgIpc) is 2.37. The van der Waals surface area contributed by atoms with Gasteiger partial charge in [0, 0.05) is 18.3 Å².